The largest absolute Gasteiger partial charge is 0.497 e. The summed E-state index contributed by atoms with van der Waals surface area (Å²) < 4.78 is 17.8. The molecule has 1 fully saturated rings. The Labute approximate surface area is 244 Å². The first-order valence-electron chi connectivity index (χ1n) is 12.1. The van der Waals surface area contributed by atoms with Crippen LogP contribution >= 0.6 is 34.4 Å². The second-order valence-electron chi connectivity index (χ2n) is 8.58. The Kier molecular flexibility index (Phi) is 9.52. The Bertz CT molecular complexity index is 1410. The van der Waals surface area contributed by atoms with Crippen molar-refractivity contribution in [3.63, 3.8) is 0 Å². The zero-order chi connectivity index (χ0) is 27.9. The van der Waals surface area contributed by atoms with E-state index in [4.69, 9.17) is 14.2 Å². The number of carbonyl (C=O) groups is 3. The number of amides is 3. The van der Waals surface area contributed by atoms with Crippen molar-refractivity contribution in [2.45, 2.75) is 20.5 Å². The van der Waals surface area contributed by atoms with Crippen LogP contribution in [0, 0.1) is 10.5 Å². The number of hydrogen-bond donors (Lipinski definition) is 1. The lowest BCUT2D eigenvalue weighted by molar-refractivity contribution is -0.127. The number of anilines is 1. The summed E-state index contributed by atoms with van der Waals surface area (Å²) in [6, 6.07) is 18.5. The maximum Gasteiger partial charge on any atom is 0.294 e. The van der Waals surface area contributed by atoms with Crippen molar-refractivity contribution in [3.05, 3.63) is 85.8 Å². The SMILES string of the molecule is CCOc1cc(/C=C2/SC(=O)N(CC(=O)Nc3ccc(OC)cc3)C2=O)cc(I)c1OCc1ccc(C)cc1. The van der Waals surface area contributed by atoms with Crippen molar-refractivity contribution >= 4 is 63.2 Å². The first-order chi connectivity index (χ1) is 18.8. The molecule has 4 rings (SSSR count). The number of rotatable bonds is 10. The van der Waals surface area contributed by atoms with Crippen LogP contribution in [-0.4, -0.2) is 42.2 Å². The van der Waals surface area contributed by atoms with E-state index < -0.39 is 17.1 Å². The maximum absolute atomic E-state index is 13.0. The highest BCUT2D eigenvalue weighted by atomic mass is 127. The molecule has 1 saturated heterocycles. The first-order valence-corrected chi connectivity index (χ1v) is 14.0. The van der Waals surface area contributed by atoms with Crippen molar-refractivity contribution in [2.24, 2.45) is 0 Å². The summed E-state index contributed by atoms with van der Waals surface area (Å²) in [5.41, 5.74) is 3.42. The predicted octanol–water partition coefficient (Wildman–Crippen LogP) is 6.26. The van der Waals surface area contributed by atoms with Gasteiger partial charge in [0, 0.05) is 5.69 Å². The highest BCUT2D eigenvalue weighted by Gasteiger charge is 2.36. The Morgan fingerprint density at radius 3 is 2.44 bits per heavy atom. The van der Waals surface area contributed by atoms with Gasteiger partial charge < -0.3 is 19.5 Å². The average Bonchev–Trinajstić information content (AvgIpc) is 3.17. The van der Waals surface area contributed by atoms with Gasteiger partial charge in [-0.25, -0.2) is 0 Å². The number of nitrogens with zero attached hydrogens (tertiary/aromatic N) is 1. The molecule has 1 aliphatic heterocycles. The minimum Gasteiger partial charge on any atom is -0.497 e. The standard InChI is InChI=1S/C29H27IN2O6S/c1-4-37-24-14-20(13-23(30)27(24)38-17-19-7-5-18(2)6-8-19)15-25-28(34)32(29(35)39-25)16-26(33)31-21-9-11-22(36-3)12-10-21/h5-15H,4,16-17H2,1-3H3,(H,31,33)/b25-15+. The molecule has 39 heavy (non-hydrogen) atoms. The fourth-order valence-electron chi connectivity index (χ4n) is 3.72. The molecular formula is C29H27IN2O6S. The lowest BCUT2D eigenvalue weighted by atomic mass is 10.1. The Morgan fingerprint density at radius 2 is 1.77 bits per heavy atom. The quantitative estimate of drug-likeness (QED) is 0.203. The van der Waals surface area contributed by atoms with Crippen LogP contribution in [0.3, 0.4) is 0 Å². The molecule has 0 unspecified atom stereocenters. The molecule has 0 spiro atoms. The van der Waals surface area contributed by atoms with Crippen molar-refractivity contribution in [1.29, 1.82) is 0 Å². The van der Waals surface area contributed by atoms with Crippen molar-refractivity contribution in [1.82, 2.24) is 4.90 Å². The molecule has 10 heteroatoms. The molecule has 1 heterocycles. The zero-order valence-electron chi connectivity index (χ0n) is 21.7. The van der Waals surface area contributed by atoms with E-state index in [1.807, 2.05) is 44.2 Å². The molecule has 202 valence electrons. The van der Waals surface area contributed by atoms with Crippen molar-refractivity contribution in [2.75, 3.05) is 25.6 Å². The van der Waals surface area contributed by atoms with Crippen LogP contribution in [0.4, 0.5) is 10.5 Å². The number of aryl methyl sites for hydroxylation is 1. The number of halogens is 1. The third-order valence-electron chi connectivity index (χ3n) is 5.68. The van der Waals surface area contributed by atoms with E-state index in [-0.39, 0.29) is 11.4 Å². The first kappa shape index (κ1) is 28.5. The Balaban J connectivity index is 1.46. The van der Waals surface area contributed by atoms with Gasteiger partial charge in [0.15, 0.2) is 11.5 Å². The number of hydrogen-bond acceptors (Lipinski definition) is 7. The second-order valence-corrected chi connectivity index (χ2v) is 10.7. The predicted molar refractivity (Wildman–Crippen MR) is 160 cm³/mol. The van der Waals surface area contributed by atoms with Crippen LogP contribution in [0.2, 0.25) is 0 Å². The van der Waals surface area contributed by atoms with E-state index in [1.54, 1.807) is 43.5 Å². The van der Waals surface area contributed by atoms with Crippen LogP contribution in [0.15, 0.2) is 65.6 Å². The van der Waals surface area contributed by atoms with Gasteiger partial charge in [0.1, 0.15) is 18.9 Å². The topological polar surface area (TPSA) is 94.2 Å². The number of thioether (sulfide) groups is 1. The Hall–Kier alpha value is -3.51. The normalized spacial score (nSPS) is 14.1. The summed E-state index contributed by atoms with van der Waals surface area (Å²) >= 11 is 2.96. The molecule has 0 bridgehead atoms. The summed E-state index contributed by atoms with van der Waals surface area (Å²) in [5.74, 6) is 0.797. The molecule has 0 radical (unpaired) electrons. The molecule has 3 amide bonds. The smallest absolute Gasteiger partial charge is 0.294 e. The molecular weight excluding hydrogens is 631 g/mol. The van der Waals surface area contributed by atoms with Crippen molar-refractivity contribution in [3.8, 4) is 17.2 Å². The summed E-state index contributed by atoms with van der Waals surface area (Å²) in [7, 11) is 1.55. The molecule has 1 N–H and O–H groups in total. The van der Waals surface area contributed by atoms with Gasteiger partial charge in [-0.3, -0.25) is 19.3 Å². The van der Waals surface area contributed by atoms with Gasteiger partial charge in [-0.15, -0.1) is 0 Å². The second kappa shape index (κ2) is 13.0. The van der Waals surface area contributed by atoms with E-state index in [1.165, 1.54) is 5.56 Å². The van der Waals surface area contributed by atoms with Crippen LogP contribution in [0.25, 0.3) is 6.08 Å². The fourth-order valence-corrected chi connectivity index (χ4v) is 5.34. The highest BCUT2D eigenvalue weighted by molar-refractivity contribution is 14.1. The van der Waals surface area contributed by atoms with E-state index in [0.29, 0.717) is 41.7 Å². The molecule has 0 aromatic heterocycles. The fraction of sp³-hybridized carbons (Fsp3) is 0.207. The van der Waals surface area contributed by atoms with Gasteiger partial charge in [-0.1, -0.05) is 29.8 Å². The molecule has 8 nitrogen and oxygen atoms in total. The summed E-state index contributed by atoms with van der Waals surface area (Å²) in [5, 5.41) is 2.18. The molecule has 0 atom stereocenters. The third-order valence-corrected chi connectivity index (χ3v) is 7.39. The minimum absolute atomic E-state index is 0.226. The highest BCUT2D eigenvalue weighted by Crippen LogP contribution is 2.38. The monoisotopic (exact) mass is 658 g/mol. The van der Waals surface area contributed by atoms with E-state index in [2.05, 4.69) is 27.9 Å². The summed E-state index contributed by atoms with van der Waals surface area (Å²) in [6.07, 6.45) is 1.63. The van der Waals surface area contributed by atoms with Gasteiger partial charge >= 0.3 is 0 Å². The van der Waals surface area contributed by atoms with Crippen LogP contribution in [0.5, 0.6) is 17.2 Å². The molecule has 3 aromatic rings. The summed E-state index contributed by atoms with van der Waals surface area (Å²) in [4.78, 5) is 39.2. The molecule has 3 aromatic carbocycles. The third kappa shape index (κ3) is 7.33. The molecule has 0 aliphatic carbocycles. The average molecular weight is 659 g/mol. The van der Waals surface area contributed by atoms with Gasteiger partial charge in [0.05, 0.1) is 22.2 Å². The van der Waals surface area contributed by atoms with Gasteiger partial charge in [-0.2, -0.15) is 0 Å². The number of ether oxygens (including phenoxy) is 3. The minimum atomic E-state index is -0.525. The zero-order valence-corrected chi connectivity index (χ0v) is 24.6. The Morgan fingerprint density at radius 1 is 1.05 bits per heavy atom. The summed E-state index contributed by atoms with van der Waals surface area (Å²) in [6.45, 7) is 4.34. The van der Waals surface area contributed by atoms with E-state index in [9.17, 15) is 14.4 Å². The van der Waals surface area contributed by atoms with Gasteiger partial charge in [0.2, 0.25) is 5.91 Å². The van der Waals surface area contributed by atoms with E-state index >= 15 is 0 Å². The van der Waals surface area contributed by atoms with Gasteiger partial charge in [-0.05, 0) is 102 Å². The van der Waals surface area contributed by atoms with E-state index in [0.717, 1.165) is 25.8 Å². The number of methoxy groups -OCH3 is 1. The number of nitrogens with one attached hydrogen (secondary N) is 1. The number of imide groups is 1. The van der Waals surface area contributed by atoms with Gasteiger partial charge in [0.25, 0.3) is 11.1 Å². The number of carbonyl (C=O) groups excluding carboxylic acids is 3. The van der Waals surface area contributed by atoms with Crippen LogP contribution in [0.1, 0.15) is 23.6 Å². The van der Waals surface area contributed by atoms with Crippen LogP contribution in [-0.2, 0) is 16.2 Å². The maximum atomic E-state index is 13.0. The van der Waals surface area contributed by atoms with Crippen LogP contribution < -0.4 is 19.5 Å². The lowest BCUT2D eigenvalue weighted by Gasteiger charge is -2.15. The lowest BCUT2D eigenvalue weighted by Crippen LogP contribution is -2.36. The van der Waals surface area contributed by atoms with Crippen molar-refractivity contribution < 1.29 is 28.6 Å². The molecule has 1 aliphatic rings. The molecule has 0 saturated carbocycles. The number of benzene rings is 3.